The second kappa shape index (κ2) is 7.27. The maximum atomic E-state index is 12.3. The van der Waals surface area contributed by atoms with Crippen LogP contribution in [0.5, 0.6) is 0 Å². The first-order chi connectivity index (χ1) is 12.6. The fourth-order valence-electron chi connectivity index (χ4n) is 4.32. The molecule has 2 aliphatic heterocycles. The maximum Gasteiger partial charge on any atom is 0.298 e. The topological polar surface area (TPSA) is 52.8 Å². The molecule has 2 aromatic rings. The number of anilines is 1. The summed E-state index contributed by atoms with van der Waals surface area (Å²) in [5, 5.41) is 0. The highest BCUT2D eigenvalue weighted by Crippen LogP contribution is 2.28. The normalized spacial score (nSPS) is 22.7. The number of hydrogen-bond acceptors (Lipinski definition) is 5. The molecule has 2 saturated heterocycles. The monoisotopic (exact) mass is 356 g/mol. The molecule has 1 aromatic heterocycles. The number of fused-ring (bicyclic) bond motifs is 1. The highest BCUT2D eigenvalue weighted by Gasteiger charge is 2.32. The first-order valence-electron chi connectivity index (χ1n) is 9.67. The summed E-state index contributed by atoms with van der Waals surface area (Å²) < 4.78 is 5.91. The Hall–Kier alpha value is -2.08. The number of likely N-dealkylation sites (tertiary alicyclic amines) is 1. The Kier molecular flexibility index (Phi) is 4.85. The summed E-state index contributed by atoms with van der Waals surface area (Å²) in [5.74, 6) is 0.437. The SMILES string of the molecule is CN(C)C(=O)C1CCCN(C2CCN(c3nc4ccccc4o3)CC2)C1. The molecule has 2 aliphatic rings. The van der Waals surface area contributed by atoms with E-state index in [1.807, 2.05) is 38.4 Å². The molecule has 1 aromatic carbocycles. The number of oxazole rings is 1. The zero-order valence-electron chi connectivity index (χ0n) is 15.7. The number of carbonyl (C=O) groups excluding carboxylic acids is 1. The van der Waals surface area contributed by atoms with Gasteiger partial charge in [-0.1, -0.05) is 12.1 Å². The Bertz CT molecular complexity index is 731. The van der Waals surface area contributed by atoms with Crippen LogP contribution < -0.4 is 4.90 Å². The number of hydrogen-bond donors (Lipinski definition) is 0. The van der Waals surface area contributed by atoms with Gasteiger partial charge in [-0.15, -0.1) is 0 Å². The first kappa shape index (κ1) is 17.3. The molecular weight excluding hydrogens is 328 g/mol. The number of para-hydroxylation sites is 2. The summed E-state index contributed by atoms with van der Waals surface area (Å²) in [6.07, 6.45) is 4.34. The van der Waals surface area contributed by atoms with Crippen molar-refractivity contribution in [3.63, 3.8) is 0 Å². The molecule has 2 fully saturated rings. The summed E-state index contributed by atoms with van der Waals surface area (Å²) in [5.41, 5.74) is 1.77. The molecule has 6 nitrogen and oxygen atoms in total. The number of piperidine rings is 2. The molecule has 0 aliphatic carbocycles. The second-order valence-electron chi connectivity index (χ2n) is 7.75. The van der Waals surface area contributed by atoms with Gasteiger partial charge in [0.05, 0.1) is 5.92 Å². The van der Waals surface area contributed by atoms with Crippen molar-refractivity contribution in [2.75, 3.05) is 45.2 Å². The Morgan fingerprint density at radius 3 is 2.65 bits per heavy atom. The van der Waals surface area contributed by atoms with Crippen LogP contribution in [0.2, 0.25) is 0 Å². The Morgan fingerprint density at radius 1 is 1.15 bits per heavy atom. The number of carbonyl (C=O) groups is 1. The van der Waals surface area contributed by atoms with E-state index < -0.39 is 0 Å². The number of amides is 1. The van der Waals surface area contributed by atoms with Gasteiger partial charge in [-0.05, 0) is 44.4 Å². The lowest BCUT2D eigenvalue weighted by molar-refractivity contribution is -0.135. The zero-order valence-corrected chi connectivity index (χ0v) is 15.7. The van der Waals surface area contributed by atoms with Gasteiger partial charge in [-0.25, -0.2) is 0 Å². The molecular formula is C20H28N4O2. The standard InChI is InChI=1S/C20H28N4O2/c1-22(2)19(25)15-6-5-11-24(14-15)16-9-12-23(13-10-16)20-21-17-7-3-4-8-18(17)26-20/h3-4,7-8,15-16H,5-6,9-14H2,1-2H3. The van der Waals surface area contributed by atoms with E-state index in [0.717, 1.165) is 69.0 Å². The van der Waals surface area contributed by atoms with Crippen LogP contribution in [0.3, 0.4) is 0 Å². The van der Waals surface area contributed by atoms with E-state index in [9.17, 15) is 4.79 Å². The highest BCUT2D eigenvalue weighted by molar-refractivity contribution is 5.78. The number of rotatable bonds is 3. The van der Waals surface area contributed by atoms with E-state index in [0.29, 0.717) is 6.04 Å². The van der Waals surface area contributed by atoms with Crippen LogP contribution in [0.15, 0.2) is 28.7 Å². The number of nitrogens with zero attached hydrogens (tertiary/aromatic N) is 4. The van der Waals surface area contributed by atoms with E-state index in [2.05, 4.69) is 14.8 Å². The third kappa shape index (κ3) is 3.43. The lowest BCUT2D eigenvalue weighted by Crippen LogP contribution is -2.50. The largest absolute Gasteiger partial charge is 0.423 e. The van der Waals surface area contributed by atoms with Crippen molar-refractivity contribution < 1.29 is 9.21 Å². The first-order valence-corrected chi connectivity index (χ1v) is 9.67. The van der Waals surface area contributed by atoms with Crippen molar-refractivity contribution in [2.45, 2.75) is 31.7 Å². The molecule has 0 bridgehead atoms. The molecule has 0 N–H and O–H groups in total. The molecule has 0 spiro atoms. The van der Waals surface area contributed by atoms with E-state index in [1.165, 1.54) is 0 Å². The van der Waals surface area contributed by atoms with Crippen LogP contribution in [-0.2, 0) is 4.79 Å². The summed E-state index contributed by atoms with van der Waals surface area (Å²) in [6, 6.07) is 9.23. The Labute approximate surface area is 154 Å². The van der Waals surface area contributed by atoms with Crippen LogP contribution in [0.1, 0.15) is 25.7 Å². The average Bonchev–Trinajstić information content (AvgIpc) is 3.12. The van der Waals surface area contributed by atoms with Crippen LogP contribution in [-0.4, -0.2) is 67.0 Å². The molecule has 4 rings (SSSR count). The van der Waals surface area contributed by atoms with Crippen molar-refractivity contribution >= 4 is 23.0 Å². The van der Waals surface area contributed by atoms with Crippen molar-refractivity contribution in [1.29, 1.82) is 0 Å². The van der Waals surface area contributed by atoms with Crippen molar-refractivity contribution in [2.24, 2.45) is 5.92 Å². The van der Waals surface area contributed by atoms with E-state index in [-0.39, 0.29) is 11.8 Å². The summed E-state index contributed by atoms with van der Waals surface area (Å²) in [6.45, 7) is 3.94. The Morgan fingerprint density at radius 2 is 1.92 bits per heavy atom. The van der Waals surface area contributed by atoms with Gasteiger partial charge >= 0.3 is 0 Å². The predicted molar refractivity (Wildman–Crippen MR) is 102 cm³/mol. The maximum absolute atomic E-state index is 12.3. The van der Waals surface area contributed by atoms with E-state index in [4.69, 9.17) is 4.42 Å². The molecule has 1 unspecified atom stereocenters. The smallest absolute Gasteiger partial charge is 0.298 e. The minimum atomic E-state index is 0.161. The third-order valence-electron chi connectivity index (χ3n) is 5.78. The minimum absolute atomic E-state index is 0.161. The number of aromatic nitrogens is 1. The lowest BCUT2D eigenvalue weighted by atomic mass is 9.93. The van der Waals surface area contributed by atoms with Crippen LogP contribution in [0.25, 0.3) is 11.1 Å². The molecule has 140 valence electrons. The molecule has 6 heteroatoms. The zero-order chi connectivity index (χ0) is 18.1. The molecule has 3 heterocycles. The van der Waals surface area contributed by atoms with Crippen LogP contribution >= 0.6 is 0 Å². The Balaban J connectivity index is 1.36. The van der Waals surface area contributed by atoms with E-state index >= 15 is 0 Å². The average molecular weight is 356 g/mol. The second-order valence-corrected chi connectivity index (χ2v) is 7.75. The van der Waals surface area contributed by atoms with Crippen molar-refractivity contribution in [3.8, 4) is 0 Å². The van der Waals surface area contributed by atoms with Crippen LogP contribution in [0, 0.1) is 5.92 Å². The fourth-order valence-corrected chi connectivity index (χ4v) is 4.32. The molecule has 0 radical (unpaired) electrons. The molecule has 1 amide bonds. The lowest BCUT2D eigenvalue weighted by Gasteiger charge is -2.42. The third-order valence-corrected chi connectivity index (χ3v) is 5.78. The quantitative estimate of drug-likeness (QED) is 0.846. The predicted octanol–water partition coefficient (Wildman–Crippen LogP) is 2.60. The molecule has 0 saturated carbocycles. The van der Waals surface area contributed by atoms with Crippen molar-refractivity contribution in [3.05, 3.63) is 24.3 Å². The minimum Gasteiger partial charge on any atom is -0.423 e. The summed E-state index contributed by atoms with van der Waals surface area (Å²) in [4.78, 5) is 23.5. The van der Waals surface area contributed by atoms with Gasteiger partial charge in [0.1, 0.15) is 5.52 Å². The van der Waals surface area contributed by atoms with Crippen LogP contribution in [0.4, 0.5) is 6.01 Å². The van der Waals surface area contributed by atoms with Gasteiger partial charge in [0.2, 0.25) is 5.91 Å². The van der Waals surface area contributed by atoms with Gasteiger partial charge in [0, 0.05) is 39.8 Å². The van der Waals surface area contributed by atoms with Gasteiger partial charge < -0.3 is 14.2 Å². The summed E-state index contributed by atoms with van der Waals surface area (Å²) in [7, 11) is 3.72. The van der Waals surface area contributed by atoms with E-state index in [1.54, 1.807) is 4.90 Å². The fraction of sp³-hybridized carbons (Fsp3) is 0.600. The van der Waals surface area contributed by atoms with Gasteiger partial charge in [-0.2, -0.15) is 4.98 Å². The van der Waals surface area contributed by atoms with Gasteiger partial charge in [-0.3, -0.25) is 9.69 Å². The van der Waals surface area contributed by atoms with Gasteiger partial charge in [0.15, 0.2) is 5.58 Å². The van der Waals surface area contributed by atoms with Crippen molar-refractivity contribution in [1.82, 2.24) is 14.8 Å². The highest BCUT2D eigenvalue weighted by atomic mass is 16.4. The molecule has 1 atom stereocenters. The number of benzene rings is 1. The van der Waals surface area contributed by atoms with Gasteiger partial charge in [0.25, 0.3) is 6.01 Å². The summed E-state index contributed by atoms with van der Waals surface area (Å²) >= 11 is 0. The molecule has 26 heavy (non-hydrogen) atoms.